The van der Waals surface area contributed by atoms with Crippen molar-refractivity contribution in [2.45, 2.75) is 6.54 Å². The number of rotatable bonds is 3. The number of nitrogens with zero attached hydrogens (tertiary/aromatic N) is 1. The zero-order valence-electron chi connectivity index (χ0n) is 8.65. The van der Waals surface area contributed by atoms with Crippen molar-refractivity contribution < 1.29 is 4.39 Å². The van der Waals surface area contributed by atoms with E-state index in [1.807, 2.05) is 12.1 Å². The molecule has 4 heteroatoms. The van der Waals surface area contributed by atoms with E-state index in [1.165, 1.54) is 12.1 Å². The molecule has 16 heavy (non-hydrogen) atoms. The molecular formula is C12H12FN3. The van der Waals surface area contributed by atoms with Gasteiger partial charge in [0.2, 0.25) is 0 Å². The topological polar surface area (TPSA) is 50.9 Å². The first kappa shape index (κ1) is 10.4. The average molecular weight is 217 g/mol. The van der Waals surface area contributed by atoms with E-state index in [0.717, 1.165) is 5.56 Å². The number of nitrogen functional groups attached to an aromatic ring is 1. The second-order valence-corrected chi connectivity index (χ2v) is 3.45. The van der Waals surface area contributed by atoms with Gasteiger partial charge in [-0.3, -0.25) is 4.98 Å². The van der Waals surface area contributed by atoms with Gasteiger partial charge in [0.15, 0.2) is 0 Å². The number of nitrogens with two attached hydrogens (primary N) is 1. The third kappa shape index (κ3) is 2.48. The summed E-state index contributed by atoms with van der Waals surface area (Å²) >= 11 is 0. The number of anilines is 2. The fourth-order valence-corrected chi connectivity index (χ4v) is 1.38. The molecule has 0 bridgehead atoms. The average Bonchev–Trinajstić information content (AvgIpc) is 2.32. The Morgan fingerprint density at radius 2 is 2.19 bits per heavy atom. The maximum absolute atomic E-state index is 13.0. The highest BCUT2D eigenvalue weighted by molar-refractivity contribution is 5.65. The number of pyridine rings is 1. The zero-order valence-corrected chi connectivity index (χ0v) is 8.65. The first-order valence-corrected chi connectivity index (χ1v) is 4.93. The van der Waals surface area contributed by atoms with Gasteiger partial charge in [-0.15, -0.1) is 0 Å². The van der Waals surface area contributed by atoms with Crippen LogP contribution in [-0.4, -0.2) is 4.98 Å². The number of benzene rings is 1. The molecule has 0 saturated carbocycles. The highest BCUT2D eigenvalue weighted by Gasteiger charge is 2.00. The van der Waals surface area contributed by atoms with Gasteiger partial charge in [-0.1, -0.05) is 6.07 Å². The minimum Gasteiger partial charge on any atom is -0.397 e. The summed E-state index contributed by atoms with van der Waals surface area (Å²) in [4.78, 5) is 3.99. The predicted molar refractivity (Wildman–Crippen MR) is 62.4 cm³/mol. The molecule has 1 aromatic heterocycles. The van der Waals surface area contributed by atoms with Gasteiger partial charge >= 0.3 is 0 Å². The Bertz CT molecular complexity index is 471. The molecule has 2 rings (SSSR count). The molecule has 0 aliphatic carbocycles. The Morgan fingerprint density at radius 3 is 2.94 bits per heavy atom. The SMILES string of the molecule is Nc1ccc(F)cc1NCc1cccnc1. The Balaban J connectivity index is 2.08. The summed E-state index contributed by atoms with van der Waals surface area (Å²) in [7, 11) is 0. The molecule has 0 fully saturated rings. The molecule has 2 aromatic rings. The van der Waals surface area contributed by atoms with Gasteiger partial charge in [0, 0.05) is 18.9 Å². The standard InChI is InChI=1S/C12H12FN3/c13-10-3-4-11(14)12(6-10)16-8-9-2-1-5-15-7-9/h1-7,16H,8,14H2. The van der Waals surface area contributed by atoms with Crippen LogP contribution in [0.15, 0.2) is 42.7 Å². The number of hydrogen-bond donors (Lipinski definition) is 2. The van der Waals surface area contributed by atoms with Crippen LogP contribution in [0.25, 0.3) is 0 Å². The largest absolute Gasteiger partial charge is 0.397 e. The Kier molecular flexibility index (Phi) is 3.00. The number of nitrogens with one attached hydrogen (secondary N) is 1. The van der Waals surface area contributed by atoms with E-state index in [9.17, 15) is 4.39 Å². The first-order valence-electron chi connectivity index (χ1n) is 4.93. The summed E-state index contributed by atoms with van der Waals surface area (Å²) in [5, 5.41) is 3.07. The maximum Gasteiger partial charge on any atom is 0.125 e. The van der Waals surface area contributed by atoms with E-state index in [2.05, 4.69) is 10.3 Å². The van der Waals surface area contributed by atoms with Crippen LogP contribution in [0.2, 0.25) is 0 Å². The molecule has 0 saturated heterocycles. The normalized spacial score (nSPS) is 10.1. The third-order valence-corrected chi connectivity index (χ3v) is 2.22. The van der Waals surface area contributed by atoms with Crippen LogP contribution in [0, 0.1) is 5.82 Å². The quantitative estimate of drug-likeness (QED) is 0.776. The van der Waals surface area contributed by atoms with E-state index < -0.39 is 0 Å². The Hall–Kier alpha value is -2.10. The maximum atomic E-state index is 13.0. The van der Waals surface area contributed by atoms with Gasteiger partial charge in [0.05, 0.1) is 11.4 Å². The third-order valence-electron chi connectivity index (χ3n) is 2.22. The summed E-state index contributed by atoms with van der Waals surface area (Å²) in [6, 6.07) is 8.05. The summed E-state index contributed by atoms with van der Waals surface area (Å²) < 4.78 is 13.0. The zero-order chi connectivity index (χ0) is 11.4. The van der Waals surface area contributed by atoms with Crippen molar-refractivity contribution in [1.29, 1.82) is 0 Å². The number of hydrogen-bond acceptors (Lipinski definition) is 3. The molecule has 3 N–H and O–H groups in total. The molecule has 0 radical (unpaired) electrons. The Morgan fingerprint density at radius 1 is 1.31 bits per heavy atom. The fourth-order valence-electron chi connectivity index (χ4n) is 1.38. The van der Waals surface area contributed by atoms with E-state index in [4.69, 9.17) is 5.73 Å². The van der Waals surface area contributed by atoms with Crippen molar-refractivity contribution in [3.8, 4) is 0 Å². The van der Waals surface area contributed by atoms with Gasteiger partial charge in [-0.25, -0.2) is 4.39 Å². The van der Waals surface area contributed by atoms with Crippen LogP contribution in [0.5, 0.6) is 0 Å². The van der Waals surface area contributed by atoms with Gasteiger partial charge in [0.1, 0.15) is 5.82 Å². The highest BCUT2D eigenvalue weighted by atomic mass is 19.1. The van der Waals surface area contributed by atoms with E-state index in [0.29, 0.717) is 17.9 Å². The molecule has 0 atom stereocenters. The lowest BCUT2D eigenvalue weighted by atomic mass is 10.2. The Labute approximate surface area is 93.1 Å². The fraction of sp³-hybridized carbons (Fsp3) is 0.0833. The van der Waals surface area contributed by atoms with Gasteiger partial charge in [0.25, 0.3) is 0 Å². The molecule has 1 aromatic carbocycles. The first-order chi connectivity index (χ1) is 7.75. The monoisotopic (exact) mass is 217 g/mol. The molecule has 82 valence electrons. The highest BCUT2D eigenvalue weighted by Crippen LogP contribution is 2.19. The second-order valence-electron chi connectivity index (χ2n) is 3.45. The van der Waals surface area contributed by atoms with Crippen LogP contribution in [0.3, 0.4) is 0 Å². The smallest absolute Gasteiger partial charge is 0.125 e. The lowest BCUT2D eigenvalue weighted by Gasteiger charge is -2.08. The van der Waals surface area contributed by atoms with Crippen LogP contribution in [-0.2, 0) is 6.54 Å². The lowest BCUT2D eigenvalue weighted by Crippen LogP contribution is -2.03. The lowest BCUT2D eigenvalue weighted by molar-refractivity contribution is 0.628. The molecule has 0 spiro atoms. The molecule has 0 unspecified atom stereocenters. The van der Waals surface area contributed by atoms with Crippen LogP contribution in [0.1, 0.15) is 5.56 Å². The molecular weight excluding hydrogens is 205 g/mol. The predicted octanol–water partition coefficient (Wildman–Crippen LogP) is 2.42. The van der Waals surface area contributed by atoms with Crippen LogP contribution < -0.4 is 11.1 Å². The molecule has 0 aliphatic heterocycles. The van der Waals surface area contributed by atoms with E-state index in [-0.39, 0.29) is 5.82 Å². The van der Waals surface area contributed by atoms with Crippen molar-refractivity contribution >= 4 is 11.4 Å². The van der Waals surface area contributed by atoms with Gasteiger partial charge in [-0.2, -0.15) is 0 Å². The van der Waals surface area contributed by atoms with Crippen LogP contribution >= 0.6 is 0 Å². The van der Waals surface area contributed by atoms with Crippen molar-refractivity contribution in [2.75, 3.05) is 11.1 Å². The van der Waals surface area contributed by atoms with E-state index >= 15 is 0 Å². The molecule has 1 heterocycles. The molecule has 0 aliphatic rings. The summed E-state index contributed by atoms with van der Waals surface area (Å²) in [6.07, 6.45) is 3.46. The molecule has 3 nitrogen and oxygen atoms in total. The van der Waals surface area contributed by atoms with E-state index in [1.54, 1.807) is 18.5 Å². The summed E-state index contributed by atoms with van der Waals surface area (Å²) in [5.41, 5.74) is 7.86. The van der Waals surface area contributed by atoms with Gasteiger partial charge in [-0.05, 0) is 29.8 Å². The van der Waals surface area contributed by atoms with Crippen molar-refractivity contribution in [2.24, 2.45) is 0 Å². The number of aromatic nitrogens is 1. The van der Waals surface area contributed by atoms with Crippen molar-refractivity contribution in [3.63, 3.8) is 0 Å². The minimum absolute atomic E-state index is 0.303. The van der Waals surface area contributed by atoms with Crippen molar-refractivity contribution in [1.82, 2.24) is 4.98 Å². The van der Waals surface area contributed by atoms with Crippen LogP contribution in [0.4, 0.5) is 15.8 Å². The van der Waals surface area contributed by atoms with Gasteiger partial charge < -0.3 is 11.1 Å². The van der Waals surface area contributed by atoms with Crippen molar-refractivity contribution in [3.05, 3.63) is 54.1 Å². The molecule has 0 amide bonds. The minimum atomic E-state index is -0.303. The summed E-state index contributed by atoms with van der Waals surface area (Å²) in [5.74, 6) is -0.303. The second kappa shape index (κ2) is 4.61. The number of halogens is 1. The summed E-state index contributed by atoms with van der Waals surface area (Å²) in [6.45, 7) is 0.571.